The number of hydrogen-bond acceptors (Lipinski definition) is 3. The lowest BCUT2D eigenvalue weighted by Gasteiger charge is -2.21. The number of nitrogens with one attached hydrogen (secondary N) is 1. The smallest absolute Gasteiger partial charge is 0.162 e. The van der Waals surface area contributed by atoms with Gasteiger partial charge in [0.15, 0.2) is 5.82 Å². The topological polar surface area (TPSA) is 37.8 Å². The molecule has 112 valence electrons. The van der Waals surface area contributed by atoms with Gasteiger partial charge in [0, 0.05) is 23.0 Å². The van der Waals surface area contributed by atoms with E-state index in [-0.39, 0.29) is 5.41 Å². The summed E-state index contributed by atoms with van der Waals surface area (Å²) >= 11 is 9.44. The first-order valence-electron chi connectivity index (χ1n) is 6.44. The molecule has 0 amide bonds. The molecule has 0 saturated heterocycles. The zero-order valence-electron chi connectivity index (χ0n) is 12.3. The van der Waals surface area contributed by atoms with E-state index in [0.29, 0.717) is 22.2 Å². The summed E-state index contributed by atoms with van der Waals surface area (Å²) in [5, 5.41) is 3.34. The first-order chi connectivity index (χ1) is 9.72. The zero-order chi connectivity index (χ0) is 15.8. The quantitative estimate of drug-likeness (QED) is 0.802. The van der Waals surface area contributed by atoms with Gasteiger partial charge in [0.1, 0.15) is 11.6 Å². The van der Waals surface area contributed by atoms with Crippen LogP contribution in [0.4, 0.5) is 10.2 Å². The van der Waals surface area contributed by atoms with Crippen LogP contribution in [0, 0.1) is 5.82 Å². The van der Waals surface area contributed by atoms with Crippen molar-refractivity contribution in [2.45, 2.75) is 26.2 Å². The fourth-order valence-corrected chi connectivity index (χ4v) is 3.11. The van der Waals surface area contributed by atoms with Crippen molar-refractivity contribution in [2.75, 3.05) is 12.4 Å². The van der Waals surface area contributed by atoms with Gasteiger partial charge in [-0.2, -0.15) is 0 Å². The molecule has 2 aromatic rings. The van der Waals surface area contributed by atoms with Crippen molar-refractivity contribution in [1.29, 1.82) is 0 Å². The predicted octanol–water partition coefficient (Wildman–Crippen LogP) is 5.04. The van der Waals surface area contributed by atoms with Crippen molar-refractivity contribution < 1.29 is 4.39 Å². The first kappa shape index (κ1) is 16.2. The molecule has 1 heterocycles. The number of hydrogen-bond donors (Lipinski definition) is 1. The normalized spacial score (nSPS) is 11.6. The minimum atomic E-state index is -0.410. The van der Waals surface area contributed by atoms with Gasteiger partial charge in [-0.15, -0.1) is 0 Å². The molecule has 0 unspecified atom stereocenters. The Morgan fingerprint density at radius 3 is 2.38 bits per heavy atom. The van der Waals surface area contributed by atoms with Crippen LogP contribution in [0.3, 0.4) is 0 Å². The highest BCUT2D eigenvalue weighted by Gasteiger charge is 2.23. The minimum Gasteiger partial charge on any atom is -0.372 e. The summed E-state index contributed by atoms with van der Waals surface area (Å²) in [4.78, 5) is 9.00. The summed E-state index contributed by atoms with van der Waals surface area (Å²) in [5.41, 5.74) is 1.21. The summed E-state index contributed by atoms with van der Waals surface area (Å²) in [6.45, 7) is 6.17. The average molecular weight is 373 g/mol. The zero-order valence-corrected chi connectivity index (χ0v) is 14.6. The van der Waals surface area contributed by atoms with E-state index in [1.807, 2.05) is 0 Å². The van der Waals surface area contributed by atoms with E-state index in [4.69, 9.17) is 11.6 Å². The Labute approximate surface area is 137 Å². The van der Waals surface area contributed by atoms with E-state index < -0.39 is 5.82 Å². The Morgan fingerprint density at radius 1 is 1.19 bits per heavy atom. The second-order valence-corrected chi connectivity index (χ2v) is 6.95. The maximum Gasteiger partial charge on any atom is 0.162 e. The molecule has 0 bridgehead atoms. The lowest BCUT2D eigenvalue weighted by Crippen LogP contribution is -2.17. The van der Waals surface area contributed by atoms with E-state index in [2.05, 4.69) is 52.0 Å². The van der Waals surface area contributed by atoms with Crippen LogP contribution in [0.2, 0.25) is 5.02 Å². The number of benzene rings is 1. The van der Waals surface area contributed by atoms with Crippen molar-refractivity contribution in [3.63, 3.8) is 0 Å². The number of halogens is 3. The van der Waals surface area contributed by atoms with Crippen LogP contribution in [0.5, 0.6) is 0 Å². The maximum absolute atomic E-state index is 13.5. The first-order valence-corrected chi connectivity index (χ1v) is 7.61. The summed E-state index contributed by atoms with van der Waals surface area (Å²) in [6, 6.07) is 4.29. The summed E-state index contributed by atoms with van der Waals surface area (Å²) in [7, 11) is 1.78. The van der Waals surface area contributed by atoms with Crippen LogP contribution < -0.4 is 5.32 Å². The molecule has 1 aromatic heterocycles. The molecular formula is C15H16BrClFN3. The van der Waals surface area contributed by atoms with Crippen LogP contribution >= 0.6 is 27.5 Å². The molecule has 0 aliphatic rings. The van der Waals surface area contributed by atoms with E-state index in [9.17, 15) is 4.39 Å². The van der Waals surface area contributed by atoms with Crippen molar-refractivity contribution in [3.8, 4) is 11.4 Å². The van der Waals surface area contributed by atoms with Gasteiger partial charge >= 0.3 is 0 Å². The van der Waals surface area contributed by atoms with Crippen LogP contribution in [-0.4, -0.2) is 17.0 Å². The van der Waals surface area contributed by atoms with Gasteiger partial charge in [-0.1, -0.05) is 32.4 Å². The molecule has 2 rings (SSSR count). The molecule has 0 radical (unpaired) electrons. The van der Waals surface area contributed by atoms with Crippen molar-refractivity contribution >= 4 is 33.3 Å². The molecule has 0 aliphatic carbocycles. The highest BCUT2D eigenvalue weighted by Crippen LogP contribution is 2.34. The lowest BCUT2D eigenvalue weighted by molar-refractivity contribution is 0.564. The van der Waals surface area contributed by atoms with Crippen LogP contribution in [0.15, 0.2) is 22.7 Å². The molecule has 0 aliphatic heterocycles. The molecule has 3 nitrogen and oxygen atoms in total. The largest absolute Gasteiger partial charge is 0.372 e. The Bertz CT molecular complexity index is 663. The third-order valence-corrected chi connectivity index (χ3v) is 3.89. The van der Waals surface area contributed by atoms with Crippen molar-refractivity contribution in [1.82, 2.24) is 9.97 Å². The number of anilines is 1. The highest BCUT2D eigenvalue weighted by molar-refractivity contribution is 9.10. The molecule has 0 saturated carbocycles. The minimum absolute atomic E-state index is 0.181. The Hall–Kier alpha value is -1.20. The summed E-state index contributed by atoms with van der Waals surface area (Å²) in [6.07, 6.45) is 0. The Balaban J connectivity index is 2.69. The molecule has 0 spiro atoms. The maximum atomic E-state index is 13.5. The fourth-order valence-electron chi connectivity index (χ4n) is 1.92. The third-order valence-electron chi connectivity index (χ3n) is 2.92. The van der Waals surface area contributed by atoms with E-state index in [1.165, 1.54) is 12.1 Å². The fraction of sp³-hybridized carbons (Fsp3) is 0.333. The van der Waals surface area contributed by atoms with Gasteiger partial charge in [-0.25, -0.2) is 14.4 Å². The third kappa shape index (κ3) is 3.52. The second-order valence-electron chi connectivity index (χ2n) is 5.72. The van der Waals surface area contributed by atoms with Gasteiger partial charge in [-0.05, 0) is 34.1 Å². The standard InChI is InChI=1S/C15H16BrClFN3/c1-15(2,3)12-11(16)14(19-4)21-13(20-12)8-5-9(17)7-10(18)6-8/h5-7H,1-4H3,(H,19,20,21). The van der Waals surface area contributed by atoms with Crippen LogP contribution in [0.25, 0.3) is 11.4 Å². The van der Waals surface area contributed by atoms with Gasteiger partial charge in [0.05, 0.1) is 10.2 Å². The molecule has 6 heteroatoms. The van der Waals surface area contributed by atoms with Crippen LogP contribution in [-0.2, 0) is 5.41 Å². The molecule has 1 N–H and O–H groups in total. The summed E-state index contributed by atoms with van der Waals surface area (Å²) < 4.78 is 14.4. The Morgan fingerprint density at radius 2 is 1.86 bits per heavy atom. The van der Waals surface area contributed by atoms with Gasteiger partial charge in [0.25, 0.3) is 0 Å². The van der Waals surface area contributed by atoms with Gasteiger partial charge in [0.2, 0.25) is 0 Å². The van der Waals surface area contributed by atoms with Crippen LogP contribution in [0.1, 0.15) is 26.5 Å². The van der Waals surface area contributed by atoms with E-state index >= 15 is 0 Å². The van der Waals surface area contributed by atoms with Crippen molar-refractivity contribution in [2.24, 2.45) is 0 Å². The molecular weight excluding hydrogens is 357 g/mol. The van der Waals surface area contributed by atoms with E-state index in [0.717, 1.165) is 10.2 Å². The summed E-state index contributed by atoms with van der Waals surface area (Å²) in [5.74, 6) is 0.687. The van der Waals surface area contributed by atoms with Crippen molar-refractivity contribution in [3.05, 3.63) is 39.2 Å². The predicted molar refractivity (Wildman–Crippen MR) is 88.4 cm³/mol. The Kier molecular flexibility index (Phi) is 4.54. The van der Waals surface area contributed by atoms with Gasteiger partial charge < -0.3 is 5.32 Å². The lowest BCUT2D eigenvalue weighted by atomic mass is 9.91. The molecule has 0 atom stereocenters. The molecule has 1 aromatic carbocycles. The number of nitrogens with zero attached hydrogens (tertiary/aromatic N) is 2. The number of rotatable bonds is 2. The average Bonchev–Trinajstić information content (AvgIpc) is 2.36. The number of aromatic nitrogens is 2. The molecule has 0 fully saturated rings. The monoisotopic (exact) mass is 371 g/mol. The second kappa shape index (κ2) is 5.89. The van der Waals surface area contributed by atoms with Gasteiger partial charge in [-0.3, -0.25) is 0 Å². The highest BCUT2D eigenvalue weighted by atomic mass is 79.9. The SMILES string of the molecule is CNc1nc(-c2cc(F)cc(Cl)c2)nc(C(C)(C)C)c1Br. The molecule has 21 heavy (non-hydrogen) atoms. The van der Waals surface area contributed by atoms with E-state index in [1.54, 1.807) is 13.1 Å².